The second-order valence-corrected chi connectivity index (χ2v) is 8.75. The highest BCUT2D eigenvalue weighted by Crippen LogP contribution is 2.22. The third-order valence-electron chi connectivity index (χ3n) is 6.18. The van der Waals surface area contributed by atoms with Crippen LogP contribution < -0.4 is 5.32 Å². The van der Waals surface area contributed by atoms with Crippen molar-refractivity contribution in [3.63, 3.8) is 0 Å². The van der Waals surface area contributed by atoms with Gasteiger partial charge in [-0.15, -0.1) is 0 Å². The monoisotopic (exact) mass is 454 g/mol. The molecule has 0 spiro atoms. The molecule has 4 amide bonds. The highest BCUT2D eigenvalue weighted by molar-refractivity contribution is 5.93. The quantitative estimate of drug-likeness (QED) is 0.353. The SMILES string of the molecule is CCC(C)C(NC=O)C(=O)N1CCCC1C(=O)N(C)CC(=O)N(C)C(C(=O)OC)C(C)C. The lowest BCUT2D eigenvalue weighted by molar-refractivity contribution is -0.155. The van der Waals surface area contributed by atoms with Crippen LogP contribution in [0.15, 0.2) is 0 Å². The summed E-state index contributed by atoms with van der Waals surface area (Å²) in [4.78, 5) is 66.1. The van der Waals surface area contributed by atoms with Crippen LogP contribution in [0.2, 0.25) is 0 Å². The molecule has 32 heavy (non-hydrogen) atoms. The fourth-order valence-corrected chi connectivity index (χ4v) is 4.05. The first-order valence-corrected chi connectivity index (χ1v) is 11.1. The smallest absolute Gasteiger partial charge is 0.328 e. The fraction of sp³-hybridized carbons (Fsp3) is 0.773. The van der Waals surface area contributed by atoms with Crippen molar-refractivity contribution in [1.29, 1.82) is 0 Å². The van der Waals surface area contributed by atoms with E-state index in [1.54, 1.807) is 0 Å². The van der Waals surface area contributed by atoms with Gasteiger partial charge in [0.15, 0.2) is 0 Å². The van der Waals surface area contributed by atoms with Gasteiger partial charge in [0.25, 0.3) is 0 Å². The molecule has 0 aromatic heterocycles. The summed E-state index contributed by atoms with van der Waals surface area (Å²) in [6.45, 7) is 7.61. The molecule has 0 radical (unpaired) electrons. The van der Waals surface area contributed by atoms with Gasteiger partial charge >= 0.3 is 5.97 Å². The maximum atomic E-state index is 13.1. The van der Waals surface area contributed by atoms with Crippen molar-refractivity contribution < 1.29 is 28.7 Å². The molecular formula is C22H38N4O6. The number of likely N-dealkylation sites (N-methyl/N-ethyl adjacent to an activating group) is 2. The molecule has 1 heterocycles. The average Bonchev–Trinajstić information content (AvgIpc) is 3.25. The molecule has 0 aliphatic carbocycles. The lowest BCUT2D eigenvalue weighted by Crippen LogP contribution is -2.55. The molecule has 182 valence electrons. The Balaban J connectivity index is 2.91. The van der Waals surface area contributed by atoms with Crippen molar-refractivity contribution in [2.24, 2.45) is 11.8 Å². The Morgan fingerprint density at radius 3 is 2.31 bits per heavy atom. The summed E-state index contributed by atoms with van der Waals surface area (Å²) in [7, 11) is 4.28. The van der Waals surface area contributed by atoms with E-state index in [0.717, 1.165) is 0 Å². The van der Waals surface area contributed by atoms with E-state index < -0.39 is 30.0 Å². The van der Waals surface area contributed by atoms with Crippen LogP contribution in [0.5, 0.6) is 0 Å². The average molecular weight is 455 g/mol. The van der Waals surface area contributed by atoms with E-state index in [9.17, 15) is 24.0 Å². The largest absolute Gasteiger partial charge is 0.467 e. The highest BCUT2D eigenvalue weighted by atomic mass is 16.5. The van der Waals surface area contributed by atoms with E-state index in [1.807, 2.05) is 27.7 Å². The zero-order valence-electron chi connectivity index (χ0n) is 20.3. The van der Waals surface area contributed by atoms with Crippen molar-refractivity contribution >= 4 is 30.1 Å². The van der Waals surface area contributed by atoms with Crippen LogP contribution in [0.3, 0.4) is 0 Å². The third kappa shape index (κ3) is 6.43. The number of nitrogens with zero attached hydrogens (tertiary/aromatic N) is 3. The Labute approximate surface area is 190 Å². The molecule has 1 aliphatic rings. The van der Waals surface area contributed by atoms with Crippen molar-refractivity contribution in [3.8, 4) is 0 Å². The summed E-state index contributed by atoms with van der Waals surface area (Å²) in [6, 6.07) is -2.14. The van der Waals surface area contributed by atoms with Crippen LogP contribution in [0.25, 0.3) is 0 Å². The third-order valence-corrected chi connectivity index (χ3v) is 6.18. The minimum Gasteiger partial charge on any atom is -0.467 e. The van der Waals surface area contributed by atoms with E-state index in [2.05, 4.69) is 5.32 Å². The van der Waals surface area contributed by atoms with E-state index >= 15 is 0 Å². The van der Waals surface area contributed by atoms with Crippen molar-refractivity contribution in [3.05, 3.63) is 0 Å². The molecule has 10 nitrogen and oxygen atoms in total. The number of esters is 1. The number of amides is 4. The van der Waals surface area contributed by atoms with Crippen LogP contribution in [-0.2, 0) is 28.7 Å². The Kier molecular flexibility index (Phi) is 10.6. The van der Waals surface area contributed by atoms with Gasteiger partial charge in [0.1, 0.15) is 18.1 Å². The van der Waals surface area contributed by atoms with Crippen molar-refractivity contribution in [1.82, 2.24) is 20.0 Å². The van der Waals surface area contributed by atoms with Crippen LogP contribution >= 0.6 is 0 Å². The normalized spacial score (nSPS) is 18.5. The number of likely N-dealkylation sites (tertiary alicyclic amines) is 1. The minimum absolute atomic E-state index is 0.0803. The molecule has 1 rings (SSSR count). The minimum atomic E-state index is -0.758. The number of carbonyl (C=O) groups excluding carboxylic acids is 5. The van der Waals surface area contributed by atoms with Crippen molar-refractivity contribution in [2.45, 2.75) is 65.1 Å². The summed E-state index contributed by atoms with van der Waals surface area (Å²) in [5.41, 5.74) is 0. The Morgan fingerprint density at radius 2 is 1.81 bits per heavy atom. The number of rotatable bonds is 11. The molecule has 1 N–H and O–H groups in total. The number of methoxy groups -OCH3 is 1. The lowest BCUT2D eigenvalue weighted by Gasteiger charge is -2.33. The molecule has 0 bridgehead atoms. The second-order valence-electron chi connectivity index (χ2n) is 8.75. The van der Waals surface area contributed by atoms with Gasteiger partial charge in [-0.3, -0.25) is 19.2 Å². The van der Waals surface area contributed by atoms with Gasteiger partial charge in [0.2, 0.25) is 24.1 Å². The molecule has 1 fully saturated rings. The van der Waals surface area contributed by atoms with Gasteiger partial charge in [-0.1, -0.05) is 34.1 Å². The molecule has 0 aromatic carbocycles. The van der Waals surface area contributed by atoms with E-state index in [4.69, 9.17) is 4.74 Å². The van der Waals surface area contributed by atoms with Crippen molar-refractivity contribution in [2.75, 3.05) is 34.3 Å². The molecular weight excluding hydrogens is 416 g/mol. The fourth-order valence-electron chi connectivity index (χ4n) is 4.05. The van der Waals surface area contributed by atoms with E-state index in [0.29, 0.717) is 32.2 Å². The van der Waals surface area contributed by atoms with Gasteiger partial charge in [0.05, 0.1) is 13.7 Å². The molecule has 4 unspecified atom stereocenters. The first-order valence-electron chi connectivity index (χ1n) is 11.1. The predicted octanol–water partition coefficient (Wildman–Crippen LogP) is 0.253. The number of hydrogen-bond donors (Lipinski definition) is 1. The van der Waals surface area contributed by atoms with Gasteiger partial charge in [-0.2, -0.15) is 0 Å². The molecule has 1 aliphatic heterocycles. The molecule has 1 saturated heterocycles. The maximum Gasteiger partial charge on any atom is 0.328 e. The van der Waals surface area contributed by atoms with Crippen LogP contribution in [0, 0.1) is 11.8 Å². The summed E-state index contributed by atoms with van der Waals surface area (Å²) < 4.78 is 4.80. The topological polar surface area (TPSA) is 116 Å². The van der Waals surface area contributed by atoms with Gasteiger partial charge < -0.3 is 24.8 Å². The Hall–Kier alpha value is -2.65. The van der Waals surface area contributed by atoms with Crippen LogP contribution in [0.4, 0.5) is 0 Å². The second kappa shape index (κ2) is 12.4. The summed E-state index contributed by atoms with van der Waals surface area (Å²) in [5.74, 6) is -1.79. The first-order chi connectivity index (χ1) is 15.0. The molecule has 10 heteroatoms. The van der Waals surface area contributed by atoms with Gasteiger partial charge in [-0.05, 0) is 24.7 Å². The lowest BCUT2D eigenvalue weighted by atomic mass is 9.97. The first kappa shape index (κ1) is 27.4. The Morgan fingerprint density at radius 1 is 1.19 bits per heavy atom. The number of nitrogens with one attached hydrogen (secondary N) is 1. The zero-order valence-corrected chi connectivity index (χ0v) is 20.3. The zero-order chi connectivity index (χ0) is 24.6. The summed E-state index contributed by atoms with van der Waals surface area (Å²) in [6.07, 6.45) is 2.36. The molecule has 4 atom stereocenters. The number of ether oxygens (including phenoxy) is 1. The van der Waals surface area contributed by atoms with Crippen LogP contribution in [0.1, 0.15) is 47.0 Å². The van der Waals surface area contributed by atoms with Crippen LogP contribution in [-0.4, -0.2) is 97.2 Å². The number of hydrogen-bond acceptors (Lipinski definition) is 6. The highest BCUT2D eigenvalue weighted by Gasteiger charge is 2.40. The van der Waals surface area contributed by atoms with E-state index in [-0.39, 0.29) is 30.2 Å². The molecule has 0 aromatic rings. The van der Waals surface area contributed by atoms with Gasteiger partial charge in [-0.25, -0.2) is 4.79 Å². The summed E-state index contributed by atoms with van der Waals surface area (Å²) in [5, 5.41) is 2.58. The standard InChI is InChI=1S/C22H38N4O6/c1-8-15(4)18(23-13-27)21(30)26-11-9-10-16(26)20(29)24(5)12-17(28)25(6)19(14(2)3)22(31)32-7/h13-16,18-19H,8-12H2,1-7H3,(H,23,27). The predicted molar refractivity (Wildman–Crippen MR) is 118 cm³/mol. The number of carbonyl (C=O) groups is 5. The maximum absolute atomic E-state index is 13.1. The molecule has 0 saturated carbocycles. The Bertz CT molecular complexity index is 698. The van der Waals surface area contributed by atoms with E-state index in [1.165, 1.54) is 35.9 Å². The summed E-state index contributed by atoms with van der Waals surface area (Å²) >= 11 is 0. The van der Waals surface area contributed by atoms with Gasteiger partial charge in [0, 0.05) is 20.6 Å².